The summed E-state index contributed by atoms with van der Waals surface area (Å²) >= 11 is 7.18. The molecule has 0 bridgehead atoms. The Morgan fingerprint density at radius 1 is 1.18 bits per heavy atom. The second kappa shape index (κ2) is 5.47. The quantitative estimate of drug-likeness (QED) is 0.772. The number of nitrogens with zero attached hydrogens (tertiary/aromatic N) is 1. The van der Waals surface area contributed by atoms with Gasteiger partial charge in [-0.25, -0.2) is 13.8 Å². The normalized spacial score (nSPS) is 10.5. The first-order valence-electron chi connectivity index (χ1n) is 4.84. The molecule has 0 N–H and O–H groups in total. The van der Waals surface area contributed by atoms with E-state index in [1.165, 1.54) is 17.8 Å². The Morgan fingerprint density at radius 2 is 2.00 bits per heavy atom. The molecule has 0 spiro atoms. The molecule has 0 unspecified atom stereocenters. The fourth-order valence-electron chi connectivity index (χ4n) is 1.28. The molecule has 0 amide bonds. The predicted molar refractivity (Wildman–Crippen MR) is 65.2 cm³/mol. The molecule has 2 rings (SSSR count). The van der Waals surface area contributed by atoms with Crippen molar-refractivity contribution < 1.29 is 8.78 Å². The van der Waals surface area contributed by atoms with Gasteiger partial charge in [-0.2, -0.15) is 0 Å². The molecule has 0 aliphatic carbocycles. The van der Waals surface area contributed by atoms with Gasteiger partial charge in [0, 0.05) is 17.5 Å². The summed E-state index contributed by atoms with van der Waals surface area (Å²) in [4.78, 5) is 4.06. The summed E-state index contributed by atoms with van der Waals surface area (Å²) in [6.07, 6.45) is 1.61. The average molecular weight is 272 g/mol. The molecule has 0 radical (unpaired) electrons. The van der Waals surface area contributed by atoms with Crippen molar-refractivity contribution in [2.24, 2.45) is 0 Å². The molecule has 2 aromatic rings. The van der Waals surface area contributed by atoms with E-state index in [1.807, 2.05) is 0 Å². The molecular formula is C12H8ClF2NS. The van der Waals surface area contributed by atoms with Crippen molar-refractivity contribution in [3.63, 3.8) is 0 Å². The maximum Gasteiger partial charge on any atom is 0.162 e. The molecule has 0 saturated carbocycles. The van der Waals surface area contributed by atoms with Gasteiger partial charge in [-0.05, 0) is 18.2 Å². The number of thioether (sulfide) groups is 1. The number of aromatic nitrogens is 1. The van der Waals surface area contributed by atoms with Gasteiger partial charge in [0.05, 0.1) is 5.02 Å². The summed E-state index contributed by atoms with van der Waals surface area (Å²) in [5.41, 5.74) is 0.303. The van der Waals surface area contributed by atoms with E-state index in [9.17, 15) is 8.78 Å². The first kappa shape index (κ1) is 12.3. The van der Waals surface area contributed by atoms with Gasteiger partial charge >= 0.3 is 0 Å². The Balaban J connectivity index is 2.13. The third kappa shape index (κ3) is 2.96. The average Bonchev–Trinajstić information content (AvgIpc) is 2.33. The highest BCUT2D eigenvalue weighted by Gasteiger charge is 2.09. The largest absolute Gasteiger partial charge is 0.248 e. The van der Waals surface area contributed by atoms with Crippen molar-refractivity contribution in [2.75, 3.05) is 0 Å². The van der Waals surface area contributed by atoms with Crippen molar-refractivity contribution >= 4 is 23.4 Å². The maximum absolute atomic E-state index is 13.4. The van der Waals surface area contributed by atoms with E-state index in [-0.39, 0.29) is 0 Å². The number of benzene rings is 1. The lowest BCUT2D eigenvalue weighted by Gasteiger charge is -2.04. The van der Waals surface area contributed by atoms with Crippen molar-refractivity contribution in [3.05, 3.63) is 58.7 Å². The van der Waals surface area contributed by atoms with Gasteiger partial charge in [-0.3, -0.25) is 0 Å². The predicted octanol–water partition coefficient (Wildman–Crippen LogP) is 4.31. The second-order valence-corrected chi connectivity index (χ2v) is 4.66. The molecular weight excluding hydrogens is 264 g/mol. The Bertz CT molecular complexity index is 534. The highest BCUT2D eigenvalue weighted by atomic mass is 35.5. The molecule has 17 heavy (non-hydrogen) atoms. The van der Waals surface area contributed by atoms with Gasteiger partial charge in [0.2, 0.25) is 0 Å². The van der Waals surface area contributed by atoms with Crippen LogP contribution < -0.4 is 0 Å². The van der Waals surface area contributed by atoms with Crippen LogP contribution in [0.1, 0.15) is 5.56 Å². The van der Waals surface area contributed by atoms with Crippen LogP contribution in [0.3, 0.4) is 0 Å². The zero-order chi connectivity index (χ0) is 12.3. The number of pyridine rings is 1. The van der Waals surface area contributed by atoms with E-state index >= 15 is 0 Å². The SMILES string of the molecule is Fc1cccc(CSc2ncccc2Cl)c1F. The van der Waals surface area contributed by atoms with E-state index in [0.717, 1.165) is 6.07 Å². The molecule has 0 saturated heterocycles. The standard InChI is InChI=1S/C12H8ClF2NS/c13-9-4-2-6-16-12(9)17-7-8-3-1-5-10(14)11(8)15/h1-6H,7H2. The van der Waals surface area contributed by atoms with Crippen LogP contribution in [0.15, 0.2) is 41.6 Å². The summed E-state index contributed by atoms with van der Waals surface area (Å²) in [6, 6.07) is 7.54. The lowest BCUT2D eigenvalue weighted by molar-refractivity contribution is 0.502. The highest BCUT2D eigenvalue weighted by Crippen LogP contribution is 2.28. The number of hydrogen-bond donors (Lipinski definition) is 0. The van der Waals surface area contributed by atoms with E-state index in [1.54, 1.807) is 24.4 Å². The summed E-state index contributed by atoms with van der Waals surface area (Å²) in [5.74, 6) is -1.36. The van der Waals surface area contributed by atoms with Crippen molar-refractivity contribution in [1.29, 1.82) is 0 Å². The highest BCUT2D eigenvalue weighted by molar-refractivity contribution is 7.98. The van der Waals surface area contributed by atoms with E-state index in [2.05, 4.69) is 4.98 Å². The molecule has 5 heteroatoms. The van der Waals surface area contributed by atoms with Gasteiger partial charge < -0.3 is 0 Å². The summed E-state index contributed by atoms with van der Waals surface area (Å²) < 4.78 is 26.3. The number of halogens is 3. The monoisotopic (exact) mass is 271 g/mol. The minimum Gasteiger partial charge on any atom is -0.248 e. The fourth-order valence-corrected chi connectivity index (χ4v) is 2.43. The van der Waals surface area contributed by atoms with Gasteiger partial charge in [0.1, 0.15) is 5.03 Å². The Hall–Kier alpha value is -1.13. The Morgan fingerprint density at radius 3 is 2.76 bits per heavy atom. The van der Waals surface area contributed by atoms with Crippen LogP contribution >= 0.6 is 23.4 Å². The minimum absolute atomic E-state index is 0.292. The Kier molecular flexibility index (Phi) is 3.97. The summed E-state index contributed by atoms with van der Waals surface area (Å²) in [5, 5.41) is 1.12. The first-order chi connectivity index (χ1) is 8.18. The van der Waals surface area contributed by atoms with Crippen LogP contribution in [0.4, 0.5) is 8.78 Å². The van der Waals surface area contributed by atoms with Gasteiger partial charge in [-0.15, -0.1) is 11.8 Å². The van der Waals surface area contributed by atoms with Crippen LogP contribution in [-0.4, -0.2) is 4.98 Å². The molecule has 1 heterocycles. The third-order valence-electron chi connectivity index (χ3n) is 2.12. The number of hydrogen-bond acceptors (Lipinski definition) is 2. The summed E-state index contributed by atoms with van der Waals surface area (Å²) in [6.45, 7) is 0. The molecule has 1 aromatic carbocycles. The molecule has 0 aliphatic rings. The molecule has 0 aliphatic heterocycles. The van der Waals surface area contributed by atoms with Crippen LogP contribution in [0.2, 0.25) is 5.02 Å². The Labute approximate surface area is 107 Å². The van der Waals surface area contributed by atoms with E-state index in [0.29, 0.717) is 21.4 Å². The van der Waals surface area contributed by atoms with Crippen molar-refractivity contribution in [3.8, 4) is 0 Å². The minimum atomic E-state index is -0.838. The lowest BCUT2D eigenvalue weighted by Crippen LogP contribution is -1.92. The zero-order valence-electron chi connectivity index (χ0n) is 8.66. The molecule has 1 nitrogen and oxygen atoms in total. The van der Waals surface area contributed by atoms with Crippen LogP contribution in [0.5, 0.6) is 0 Å². The van der Waals surface area contributed by atoms with E-state index < -0.39 is 11.6 Å². The topological polar surface area (TPSA) is 12.9 Å². The maximum atomic E-state index is 13.4. The van der Waals surface area contributed by atoms with Crippen LogP contribution in [0, 0.1) is 11.6 Å². The number of rotatable bonds is 3. The van der Waals surface area contributed by atoms with Crippen molar-refractivity contribution in [1.82, 2.24) is 4.98 Å². The molecule has 1 aromatic heterocycles. The van der Waals surface area contributed by atoms with Gasteiger partial charge in [-0.1, -0.05) is 23.7 Å². The molecule has 0 fully saturated rings. The van der Waals surface area contributed by atoms with Gasteiger partial charge in [0.25, 0.3) is 0 Å². The lowest BCUT2D eigenvalue weighted by atomic mass is 10.2. The van der Waals surface area contributed by atoms with E-state index in [4.69, 9.17) is 11.6 Å². The second-order valence-electron chi connectivity index (χ2n) is 3.29. The van der Waals surface area contributed by atoms with Gasteiger partial charge in [0.15, 0.2) is 11.6 Å². The third-order valence-corrected chi connectivity index (χ3v) is 3.59. The van der Waals surface area contributed by atoms with Crippen LogP contribution in [-0.2, 0) is 5.75 Å². The first-order valence-corrected chi connectivity index (χ1v) is 6.21. The zero-order valence-corrected chi connectivity index (χ0v) is 10.2. The summed E-state index contributed by atoms with van der Waals surface area (Å²) in [7, 11) is 0. The molecule has 88 valence electrons. The van der Waals surface area contributed by atoms with Crippen molar-refractivity contribution in [2.45, 2.75) is 10.8 Å². The van der Waals surface area contributed by atoms with Crippen LogP contribution in [0.25, 0.3) is 0 Å². The smallest absolute Gasteiger partial charge is 0.162 e. The molecule has 0 atom stereocenters. The fraction of sp³-hybridized carbons (Fsp3) is 0.0833.